The Morgan fingerprint density at radius 2 is 2.04 bits per heavy atom. The second-order valence-corrected chi connectivity index (χ2v) is 8.44. The molecule has 0 unspecified atom stereocenters. The fourth-order valence-corrected chi connectivity index (χ4v) is 4.05. The summed E-state index contributed by atoms with van der Waals surface area (Å²) in [6.07, 6.45) is 0.639. The number of thiazole rings is 1. The van der Waals surface area contributed by atoms with Crippen LogP contribution in [0.15, 0.2) is 29.1 Å². The molecule has 0 aliphatic rings. The van der Waals surface area contributed by atoms with Gasteiger partial charge >= 0.3 is 6.43 Å². The van der Waals surface area contributed by atoms with E-state index in [1.54, 1.807) is 0 Å². The molecule has 0 bridgehead atoms. The van der Waals surface area contributed by atoms with Crippen LogP contribution in [0.1, 0.15) is 24.1 Å². The zero-order valence-corrected chi connectivity index (χ0v) is 15.3. The van der Waals surface area contributed by atoms with Gasteiger partial charge in [-0.15, -0.1) is 21.5 Å². The van der Waals surface area contributed by atoms with Crippen molar-refractivity contribution < 1.29 is 26.0 Å². The summed E-state index contributed by atoms with van der Waals surface area (Å²) in [6, 6.07) is 1.05. The summed E-state index contributed by atoms with van der Waals surface area (Å²) in [5.74, 6) is -1.92. The Bertz CT molecular complexity index is 1040. The molecule has 0 saturated carbocycles. The fraction of sp³-hybridized carbons (Fsp3) is 0.286. The average Bonchev–Trinajstić information content (AvgIpc) is 3.28. The molecule has 0 aromatic carbocycles. The van der Waals surface area contributed by atoms with E-state index < -0.39 is 28.2 Å². The van der Waals surface area contributed by atoms with Gasteiger partial charge in [-0.2, -0.15) is 8.78 Å². The Morgan fingerprint density at radius 1 is 1.26 bits per heavy atom. The molecule has 0 amide bonds. The standard InChI is InChI=1S/C14H12F3N5O3S2/c1-2-27(23,24)22(9-3-8(15)4-18-5-9)7-10-6-19-14(26-10)13-21-20-12(25-13)11(16)17/h3-6,11H,2,7H2,1H3. The minimum Gasteiger partial charge on any atom is -0.413 e. The molecule has 13 heteroatoms. The fourth-order valence-electron chi connectivity index (χ4n) is 2.07. The van der Waals surface area contributed by atoms with Crippen LogP contribution in [-0.2, 0) is 16.6 Å². The number of sulfonamides is 1. The molecule has 3 rings (SSSR count). The number of hydrogen-bond donors (Lipinski definition) is 0. The first-order valence-corrected chi connectivity index (χ1v) is 9.90. The van der Waals surface area contributed by atoms with E-state index >= 15 is 0 Å². The molecule has 3 heterocycles. The summed E-state index contributed by atoms with van der Waals surface area (Å²) in [4.78, 5) is 8.13. The molecule has 0 radical (unpaired) electrons. The lowest BCUT2D eigenvalue weighted by molar-refractivity contribution is 0.116. The molecule has 0 fully saturated rings. The third-order valence-corrected chi connectivity index (χ3v) is 6.05. The minimum atomic E-state index is -3.74. The first-order chi connectivity index (χ1) is 12.8. The van der Waals surface area contributed by atoms with Crippen LogP contribution in [-0.4, -0.2) is 34.3 Å². The summed E-state index contributed by atoms with van der Waals surface area (Å²) in [5.41, 5.74) is 0.0598. The SMILES string of the molecule is CCS(=O)(=O)N(Cc1cnc(-c2nnc(C(F)F)o2)s1)c1cncc(F)c1. The maximum atomic E-state index is 13.5. The molecule has 3 aromatic rings. The number of aromatic nitrogens is 4. The molecule has 27 heavy (non-hydrogen) atoms. The predicted molar refractivity (Wildman–Crippen MR) is 90.2 cm³/mol. The highest BCUT2D eigenvalue weighted by Crippen LogP contribution is 2.29. The molecule has 8 nitrogen and oxygen atoms in total. The Balaban J connectivity index is 1.89. The van der Waals surface area contributed by atoms with Gasteiger partial charge < -0.3 is 4.42 Å². The summed E-state index contributed by atoms with van der Waals surface area (Å²) in [7, 11) is -3.74. The highest BCUT2D eigenvalue weighted by molar-refractivity contribution is 7.92. The predicted octanol–water partition coefficient (Wildman–Crippen LogP) is 3.02. The minimum absolute atomic E-state index is 0.0598. The van der Waals surface area contributed by atoms with Crippen molar-refractivity contribution in [3.8, 4) is 10.9 Å². The van der Waals surface area contributed by atoms with Crippen LogP contribution in [0.25, 0.3) is 10.9 Å². The normalized spacial score (nSPS) is 11.9. The van der Waals surface area contributed by atoms with Gasteiger partial charge in [0.05, 0.1) is 30.4 Å². The largest absolute Gasteiger partial charge is 0.413 e. The van der Waals surface area contributed by atoms with Gasteiger partial charge in [-0.1, -0.05) is 0 Å². The van der Waals surface area contributed by atoms with E-state index in [-0.39, 0.29) is 28.9 Å². The van der Waals surface area contributed by atoms with Crippen molar-refractivity contribution in [2.45, 2.75) is 19.9 Å². The Labute approximate surface area is 155 Å². The van der Waals surface area contributed by atoms with Crippen LogP contribution >= 0.6 is 11.3 Å². The smallest absolute Gasteiger partial charge is 0.314 e. The number of nitrogens with zero attached hydrogens (tertiary/aromatic N) is 5. The molecule has 144 valence electrons. The third kappa shape index (κ3) is 4.24. The number of hydrogen-bond acceptors (Lipinski definition) is 8. The average molecular weight is 419 g/mol. The Hall–Kier alpha value is -2.54. The van der Waals surface area contributed by atoms with E-state index in [0.717, 1.165) is 27.9 Å². The molecule has 0 aliphatic carbocycles. The highest BCUT2D eigenvalue weighted by Gasteiger charge is 2.24. The van der Waals surface area contributed by atoms with E-state index in [9.17, 15) is 21.6 Å². The lowest BCUT2D eigenvalue weighted by Gasteiger charge is -2.22. The highest BCUT2D eigenvalue weighted by atomic mass is 32.2. The van der Waals surface area contributed by atoms with Gasteiger partial charge in [0.1, 0.15) is 5.82 Å². The lowest BCUT2D eigenvalue weighted by Crippen LogP contribution is -2.31. The van der Waals surface area contributed by atoms with Crippen LogP contribution in [0.3, 0.4) is 0 Å². The van der Waals surface area contributed by atoms with Gasteiger partial charge in [-0.3, -0.25) is 9.29 Å². The van der Waals surface area contributed by atoms with Gasteiger partial charge in [-0.25, -0.2) is 17.8 Å². The zero-order chi connectivity index (χ0) is 19.6. The second-order valence-electron chi connectivity index (χ2n) is 5.15. The first kappa shape index (κ1) is 19.2. The van der Waals surface area contributed by atoms with E-state index in [2.05, 4.69) is 20.2 Å². The molecule has 0 spiro atoms. The quantitative estimate of drug-likeness (QED) is 0.580. The first-order valence-electron chi connectivity index (χ1n) is 7.47. The molecule has 0 atom stereocenters. The number of anilines is 1. The van der Waals surface area contributed by atoms with Gasteiger partial charge in [0, 0.05) is 17.1 Å². The van der Waals surface area contributed by atoms with Crippen molar-refractivity contribution in [3.63, 3.8) is 0 Å². The maximum Gasteiger partial charge on any atom is 0.314 e. The summed E-state index contributed by atoms with van der Waals surface area (Å²) in [6.45, 7) is 1.31. The molecule has 0 saturated heterocycles. The topological polar surface area (TPSA) is 102 Å². The number of rotatable bonds is 7. The number of halogens is 3. The van der Waals surface area contributed by atoms with Crippen molar-refractivity contribution in [1.29, 1.82) is 0 Å². The molecule has 0 aliphatic heterocycles. The van der Waals surface area contributed by atoms with E-state index in [0.29, 0.717) is 4.88 Å². The third-order valence-electron chi connectivity index (χ3n) is 3.34. The van der Waals surface area contributed by atoms with Crippen molar-refractivity contribution in [1.82, 2.24) is 20.2 Å². The molecule has 3 aromatic heterocycles. The van der Waals surface area contributed by atoms with Crippen LogP contribution < -0.4 is 4.31 Å². The molecule has 0 N–H and O–H groups in total. The van der Waals surface area contributed by atoms with Crippen molar-refractivity contribution in [3.05, 3.63) is 41.2 Å². The Morgan fingerprint density at radius 3 is 2.67 bits per heavy atom. The van der Waals surface area contributed by atoms with E-state index in [4.69, 9.17) is 4.42 Å². The molecular formula is C14H12F3N5O3S2. The lowest BCUT2D eigenvalue weighted by atomic mass is 10.4. The van der Waals surface area contributed by atoms with Gasteiger partial charge in [0.25, 0.3) is 11.8 Å². The van der Waals surface area contributed by atoms with Gasteiger partial charge in [-0.05, 0) is 6.92 Å². The second kappa shape index (κ2) is 7.60. The summed E-state index contributed by atoms with van der Waals surface area (Å²) < 4.78 is 69.2. The van der Waals surface area contributed by atoms with Crippen molar-refractivity contribution in [2.24, 2.45) is 0 Å². The summed E-state index contributed by atoms with van der Waals surface area (Å²) >= 11 is 0.992. The van der Waals surface area contributed by atoms with E-state index in [1.165, 1.54) is 19.3 Å². The molecular weight excluding hydrogens is 407 g/mol. The van der Waals surface area contributed by atoms with E-state index in [1.807, 2.05) is 0 Å². The van der Waals surface area contributed by atoms with Gasteiger partial charge in [0.2, 0.25) is 10.0 Å². The monoisotopic (exact) mass is 419 g/mol. The van der Waals surface area contributed by atoms with Crippen LogP contribution in [0, 0.1) is 5.82 Å². The van der Waals surface area contributed by atoms with Crippen LogP contribution in [0.4, 0.5) is 18.9 Å². The van der Waals surface area contributed by atoms with Crippen LogP contribution in [0.2, 0.25) is 0 Å². The van der Waals surface area contributed by atoms with Gasteiger partial charge in [0.15, 0.2) is 5.01 Å². The number of alkyl halides is 2. The van der Waals surface area contributed by atoms with Crippen molar-refractivity contribution in [2.75, 3.05) is 10.1 Å². The summed E-state index contributed by atoms with van der Waals surface area (Å²) in [5, 5.41) is 6.87. The van der Waals surface area contributed by atoms with Crippen molar-refractivity contribution >= 4 is 27.0 Å². The Kier molecular flexibility index (Phi) is 5.41. The zero-order valence-electron chi connectivity index (χ0n) is 13.7. The number of pyridine rings is 1. The van der Waals surface area contributed by atoms with Crippen LogP contribution in [0.5, 0.6) is 0 Å². The maximum absolute atomic E-state index is 13.5.